The molecule has 0 saturated carbocycles. The first-order valence-electron chi connectivity index (χ1n) is 10.8. The van der Waals surface area contributed by atoms with Crippen molar-refractivity contribution in [2.24, 2.45) is 4.99 Å². The predicted molar refractivity (Wildman–Crippen MR) is 135 cm³/mol. The molecule has 0 fully saturated rings. The maximum atomic E-state index is 12.7. The average molecular weight is 489 g/mol. The molecule has 0 bridgehead atoms. The third-order valence-corrected chi connectivity index (χ3v) is 7.41. The van der Waals surface area contributed by atoms with Crippen LogP contribution >= 0.6 is 23.1 Å². The predicted octanol–water partition coefficient (Wildman–Crippen LogP) is 3.85. The van der Waals surface area contributed by atoms with Gasteiger partial charge in [-0.3, -0.25) is 19.4 Å². The molecule has 2 aliphatic heterocycles. The summed E-state index contributed by atoms with van der Waals surface area (Å²) < 4.78 is 5.35. The standard InChI is InChI=1S/C21H22N4O4S2.C2H6/c1-22-19(25-21-14(9-26)13-3-2-6-30-11-17(13)31-21)20(28)23-8-12-4-5-16-15(7-12)24-18(27)10-29-16;1-2/h4-5,7,9H,2-3,6,8,10-11H2,1H3,(H,22,25)(H,23,28)(H,24,27);1-2H3. The molecule has 8 nitrogen and oxygen atoms in total. The van der Waals surface area contributed by atoms with Crippen LogP contribution in [0.4, 0.5) is 10.7 Å². The minimum atomic E-state index is -0.379. The number of hydrogen-bond donors (Lipinski definition) is 3. The number of amidine groups is 1. The number of anilines is 2. The second-order valence-electron chi connectivity index (χ2n) is 7.07. The van der Waals surface area contributed by atoms with E-state index in [-0.39, 0.29) is 30.8 Å². The van der Waals surface area contributed by atoms with Crippen molar-refractivity contribution in [1.82, 2.24) is 5.32 Å². The van der Waals surface area contributed by atoms with Gasteiger partial charge in [0.25, 0.3) is 11.8 Å². The summed E-state index contributed by atoms with van der Waals surface area (Å²) in [5.74, 6) is 2.12. The average Bonchev–Trinajstić information content (AvgIpc) is 3.00. The zero-order valence-corrected chi connectivity index (χ0v) is 20.6. The number of rotatable bonds is 4. The number of nitrogens with one attached hydrogen (secondary N) is 3. The number of nitrogens with zero attached hydrogens (tertiary/aromatic N) is 1. The molecular formula is C23H28N4O4S2. The molecule has 0 spiro atoms. The summed E-state index contributed by atoms with van der Waals surface area (Å²) in [5.41, 5.74) is 3.10. The number of aliphatic imine (C=N–C) groups is 1. The molecule has 2 amide bonds. The number of thiophene rings is 1. The number of amides is 2. The normalized spacial score (nSPS) is 14.9. The summed E-state index contributed by atoms with van der Waals surface area (Å²) >= 11 is 3.37. The molecular weight excluding hydrogens is 460 g/mol. The summed E-state index contributed by atoms with van der Waals surface area (Å²) in [5, 5.41) is 9.29. The maximum Gasteiger partial charge on any atom is 0.286 e. The zero-order chi connectivity index (χ0) is 23.8. The molecule has 3 heterocycles. The molecule has 3 N–H and O–H groups in total. The number of carbonyl (C=O) groups excluding carboxylic acids is 3. The molecule has 176 valence electrons. The Morgan fingerprint density at radius 2 is 2.15 bits per heavy atom. The van der Waals surface area contributed by atoms with E-state index in [4.69, 9.17) is 4.74 Å². The van der Waals surface area contributed by atoms with Crippen molar-refractivity contribution in [2.75, 3.05) is 30.0 Å². The van der Waals surface area contributed by atoms with Gasteiger partial charge in [-0.05, 0) is 41.9 Å². The summed E-state index contributed by atoms with van der Waals surface area (Å²) in [6, 6.07) is 5.35. The van der Waals surface area contributed by atoms with E-state index >= 15 is 0 Å². The van der Waals surface area contributed by atoms with Gasteiger partial charge >= 0.3 is 0 Å². The first kappa shape index (κ1) is 24.8. The van der Waals surface area contributed by atoms with Crippen molar-refractivity contribution >= 4 is 57.7 Å². The second kappa shape index (κ2) is 11.9. The van der Waals surface area contributed by atoms with Crippen molar-refractivity contribution in [3.63, 3.8) is 0 Å². The van der Waals surface area contributed by atoms with Crippen LogP contribution in [0.3, 0.4) is 0 Å². The zero-order valence-electron chi connectivity index (χ0n) is 18.9. The van der Waals surface area contributed by atoms with E-state index in [0.29, 0.717) is 22.0 Å². The summed E-state index contributed by atoms with van der Waals surface area (Å²) in [6.07, 6.45) is 2.77. The molecule has 4 rings (SSSR count). The fraction of sp³-hybridized carbons (Fsp3) is 0.391. The Morgan fingerprint density at radius 3 is 2.91 bits per heavy atom. The van der Waals surface area contributed by atoms with Crippen LogP contribution in [0.1, 0.15) is 46.6 Å². The molecule has 2 aliphatic rings. The molecule has 33 heavy (non-hydrogen) atoms. The van der Waals surface area contributed by atoms with Gasteiger partial charge in [0.05, 0.1) is 11.3 Å². The van der Waals surface area contributed by atoms with Crippen molar-refractivity contribution < 1.29 is 19.1 Å². The van der Waals surface area contributed by atoms with Crippen molar-refractivity contribution in [3.8, 4) is 5.75 Å². The van der Waals surface area contributed by atoms with Gasteiger partial charge < -0.3 is 20.7 Å². The lowest BCUT2D eigenvalue weighted by molar-refractivity contribution is -0.118. The van der Waals surface area contributed by atoms with Crippen LogP contribution in [0.5, 0.6) is 5.75 Å². The Labute approximate surface area is 201 Å². The largest absolute Gasteiger partial charge is 0.482 e. The molecule has 1 aromatic carbocycles. The maximum absolute atomic E-state index is 12.7. The molecule has 1 aromatic heterocycles. The third kappa shape index (κ3) is 5.94. The van der Waals surface area contributed by atoms with Crippen LogP contribution < -0.4 is 20.7 Å². The SMILES string of the molecule is CC.CN=C(Nc1sc2c(c1C=O)CCCSC2)C(=O)NCc1ccc2c(c1)NC(=O)CO2. The number of benzene rings is 1. The Balaban J connectivity index is 0.00000149. The van der Waals surface area contributed by atoms with Gasteiger partial charge in [-0.25, -0.2) is 0 Å². The van der Waals surface area contributed by atoms with Crippen LogP contribution in [0.15, 0.2) is 23.2 Å². The Hall–Kier alpha value is -2.85. The van der Waals surface area contributed by atoms with Crippen LogP contribution in [0, 0.1) is 0 Å². The highest BCUT2D eigenvalue weighted by Crippen LogP contribution is 2.37. The van der Waals surface area contributed by atoms with Gasteiger partial charge in [-0.1, -0.05) is 19.9 Å². The molecule has 0 unspecified atom stereocenters. The molecule has 0 aliphatic carbocycles. The van der Waals surface area contributed by atoms with E-state index in [1.54, 1.807) is 12.1 Å². The first-order valence-corrected chi connectivity index (χ1v) is 12.8. The Bertz CT molecular complexity index is 1060. The highest BCUT2D eigenvalue weighted by Gasteiger charge is 2.22. The molecule has 10 heteroatoms. The Morgan fingerprint density at radius 1 is 1.33 bits per heavy atom. The van der Waals surface area contributed by atoms with Crippen LogP contribution in [-0.4, -0.2) is 43.3 Å². The number of hydrogen-bond acceptors (Lipinski definition) is 7. The fourth-order valence-electron chi connectivity index (χ4n) is 3.48. The lowest BCUT2D eigenvalue weighted by Gasteiger charge is -2.18. The lowest BCUT2D eigenvalue weighted by Crippen LogP contribution is -2.35. The van der Waals surface area contributed by atoms with E-state index in [0.717, 1.165) is 41.8 Å². The number of carbonyl (C=O) groups is 3. The quantitative estimate of drug-likeness (QED) is 0.343. The number of thioether (sulfide) groups is 1. The van der Waals surface area contributed by atoms with E-state index in [9.17, 15) is 14.4 Å². The fourth-order valence-corrected chi connectivity index (χ4v) is 5.83. The van der Waals surface area contributed by atoms with Crippen LogP contribution in [0.2, 0.25) is 0 Å². The topological polar surface area (TPSA) is 109 Å². The smallest absolute Gasteiger partial charge is 0.286 e. The Kier molecular flexibility index (Phi) is 8.90. The van der Waals surface area contributed by atoms with E-state index in [1.807, 2.05) is 31.7 Å². The summed E-state index contributed by atoms with van der Waals surface area (Å²) in [4.78, 5) is 41.2. The highest BCUT2D eigenvalue weighted by molar-refractivity contribution is 7.98. The highest BCUT2D eigenvalue weighted by atomic mass is 32.2. The van der Waals surface area contributed by atoms with Crippen LogP contribution in [0.25, 0.3) is 0 Å². The monoisotopic (exact) mass is 488 g/mol. The van der Waals surface area contributed by atoms with Gasteiger partial charge in [-0.2, -0.15) is 11.8 Å². The van der Waals surface area contributed by atoms with Crippen molar-refractivity contribution in [1.29, 1.82) is 0 Å². The molecule has 2 aromatic rings. The van der Waals surface area contributed by atoms with E-state index in [1.165, 1.54) is 23.3 Å². The second-order valence-corrected chi connectivity index (χ2v) is 9.28. The van der Waals surface area contributed by atoms with E-state index in [2.05, 4.69) is 20.9 Å². The summed E-state index contributed by atoms with van der Waals surface area (Å²) in [6.45, 7) is 4.25. The molecule has 0 atom stereocenters. The number of ether oxygens (including phenoxy) is 1. The van der Waals surface area contributed by atoms with Gasteiger partial charge in [-0.15, -0.1) is 11.3 Å². The minimum absolute atomic E-state index is 0.00130. The molecule has 0 saturated heterocycles. The van der Waals surface area contributed by atoms with Crippen molar-refractivity contribution in [3.05, 3.63) is 39.8 Å². The van der Waals surface area contributed by atoms with Gasteiger partial charge in [0.1, 0.15) is 10.8 Å². The lowest BCUT2D eigenvalue weighted by atomic mass is 10.1. The van der Waals surface area contributed by atoms with Gasteiger partial charge in [0.2, 0.25) is 0 Å². The van der Waals surface area contributed by atoms with E-state index < -0.39 is 0 Å². The number of aldehydes is 1. The minimum Gasteiger partial charge on any atom is -0.482 e. The third-order valence-electron chi connectivity index (χ3n) is 5.00. The van der Waals surface area contributed by atoms with Crippen molar-refractivity contribution in [2.45, 2.75) is 39.0 Å². The van der Waals surface area contributed by atoms with Gasteiger partial charge in [0.15, 0.2) is 18.7 Å². The molecule has 0 radical (unpaired) electrons. The number of fused-ring (bicyclic) bond motifs is 2. The summed E-state index contributed by atoms with van der Waals surface area (Å²) in [7, 11) is 1.53. The van der Waals surface area contributed by atoms with Gasteiger partial charge in [0, 0.05) is 24.2 Å². The first-order chi connectivity index (χ1) is 16.1. The van der Waals surface area contributed by atoms with Crippen LogP contribution in [-0.2, 0) is 28.3 Å².